The van der Waals surface area contributed by atoms with Crippen molar-refractivity contribution in [3.8, 4) is 22.3 Å². The zero-order valence-electron chi connectivity index (χ0n) is 13.7. The second-order valence-corrected chi connectivity index (χ2v) is 5.97. The van der Waals surface area contributed by atoms with Crippen LogP contribution in [-0.4, -0.2) is 0 Å². The van der Waals surface area contributed by atoms with E-state index in [2.05, 4.69) is 31.2 Å². The van der Waals surface area contributed by atoms with Crippen LogP contribution in [0.4, 0.5) is 8.78 Å². The molecule has 0 saturated carbocycles. The van der Waals surface area contributed by atoms with E-state index in [4.69, 9.17) is 0 Å². The van der Waals surface area contributed by atoms with E-state index in [9.17, 15) is 8.78 Å². The Hall–Kier alpha value is -2.48. The van der Waals surface area contributed by atoms with Gasteiger partial charge < -0.3 is 0 Å². The molecule has 0 aliphatic heterocycles. The minimum atomic E-state index is -0.561. The Morgan fingerprint density at radius 3 is 2.12 bits per heavy atom. The van der Waals surface area contributed by atoms with E-state index >= 15 is 0 Å². The van der Waals surface area contributed by atoms with Gasteiger partial charge in [-0.2, -0.15) is 0 Å². The molecule has 122 valence electrons. The number of aryl methyl sites for hydroxylation is 1. The van der Waals surface area contributed by atoms with Crippen molar-refractivity contribution in [3.63, 3.8) is 0 Å². The van der Waals surface area contributed by atoms with Crippen molar-refractivity contribution in [3.05, 3.63) is 83.9 Å². The predicted octanol–water partition coefficient (Wildman–Crippen LogP) is 6.64. The smallest absolute Gasteiger partial charge is 0.133 e. The van der Waals surface area contributed by atoms with Crippen LogP contribution >= 0.6 is 0 Å². The molecule has 3 aromatic carbocycles. The quantitative estimate of drug-likeness (QED) is 0.494. The minimum Gasteiger partial charge on any atom is -0.207 e. The molecule has 0 aliphatic rings. The van der Waals surface area contributed by atoms with Gasteiger partial charge in [0.05, 0.1) is 0 Å². The second-order valence-electron chi connectivity index (χ2n) is 5.97. The van der Waals surface area contributed by atoms with Crippen LogP contribution < -0.4 is 0 Å². The summed E-state index contributed by atoms with van der Waals surface area (Å²) in [6.45, 7) is 2.18. The molecule has 0 heterocycles. The normalized spacial score (nSPS) is 10.8. The first kappa shape index (κ1) is 16.4. The Morgan fingerprint density at radius 2 is 1.46 bits per heavy atom. The molecule has 0 radical (unpaired) electrons. The summed E-state index contributed by atoms with van der Waals surface area (Å²) < 4.78 is 27.4. The van der Waals surface area contributed by atoms with Crippen molar-refractivity contribution >= 4 is 0 Å². The third-order valence-corrected chi connectivity index (χ3v) is 4.23. The summed E-state index contributed by atoms with van der Waals surface area (Å²) >= 11 is 0. The van der Waals surface area contributed by atoms with Crippen molar-refractivity contribution in [2.75, 3.05) is 0 Å². The molecular formula is C22H20F2. The molecule has 2 heteroatoms. The van der Waals surface area contributed by atoms with E-state index in [-0.39, 0.29) is 0 Å². The fourth-order valence-corrected chi connectivity index (χ4v) is 2.91. The highest BCUT2D eigenvalue weighted by Gasteiger charge is 2.11. The van der Waals surface area contributed by atoms with Crippen LogP contribution in [-0.2, 0) is 6.42 Å². The number of hydrogen-bond donors (Lipinski definition) is 0. The Morgan fingerprint density at radius 1 is 0.750 bits per heavy atom. The first-order valence-electron chi connectivity index (χ1n) is 8.33. The highest BCUT2D eigenvalue weighted by molar-refractivity contribution is 5.83. The van der Waals surface area contributed by atoms with Crippen LogP contribution in [0.3, 0.4) is 0 Å². The van der Waals surface area contributed by atoms with Crippen molar-refractivity contribution in [1.82, 2.24) is 0 Å². The Labute approximate surface area is 141 Å². The number of halogens is 2. The van der Waals surface area contributed by atoms with Gasteiger partial charge in [0.1, 0.15) is 11.6 Å². The highest BCUT2D eigenvalue weighted by Crippen LogP contribution is 2.33. The topological polar surface area (TPSA) is 0 Å². The fourth-order valence-electron chi connectivity index (χ4n) is 2.91. The maximum Gasteiger partial charge on any atom is 0.133 e. The molecule has 0 fully saturated rings. The third-order valence-electron chi connectivity index (χ3n) is 4.23. The minimum absolute atomic E-state index is 0.419. The van der Waals surface area contributed by atoms with Gasteiger partial charge in [0.25, 0.3) is 0 Å². The summed E-state index contributed by atoms with van der Waals surface area (Å²) in [6.07, 6.45) is 3.43. The molecule has 0 unspecified atom stereocenters. The zero-order valence-corrected chi connectivity index (χ0v) is 13.7. The largest absolute Gasteiger partial charge is 0.207 e. The molecule has 0 nitrogen and oxygen atoms in total. The summed E-state index contributed by atoms with van der Waals surface area (Å²) in [6, 6.07) is 19.8. The van der Waals surface area contributed by atoms with Gasteiger partial charge in [0, 0.05) is 11.6 Å². The van der Waals surface area contributed by atoms with Gasteiger partial charge >= 0.3 is 0 Å². The van der Waals surface area contributed by atoms with Crippen LogP contribution in [0.15, 0.2) is 66.7 Å². The summed E-state index contributed by atoms with van der Waals surface area (Å²) in [7, 11) is 0. The summed E-state index contributed by atoms with van der Waals surface area (Å²) in [5, 5.41) is 0. The Bertz CT molecular complexity index is 820. The van der Waals surface area contributed by atoms with Gasteiger partial charge in [0.15, 0.2) is 0 Å². The lowest BCUT2D eigenvalue weighted by Crippen LogP contribution is -1.90. The van der Waals surface area contributed by atoms with Gasteiger partial charge in [-0.3, -0.25) is 0 Å². The van der Waals surface area contributed by atoms with Gasteiger partial charge in [-0.25, -0.2) is 8.78 Å². The average molecular weight is 322 g/mol. The average Bonchev–Trinajstić information content (AvgIpc) is 2.61. The van der Waals surface area contributed by atoms with Crippen molar-refractivity contribution in [1.29, 1.82) is 0 Å². The molecular weight excluding hydrogens is 302 g/mol. The number of benzene rings is 3. The first-order valence-corrected chi connectivity index (χ1v) is 8.33. The molecule has 0 amide bonds. The molecule has 0 aliphatic carbocycles. The van der Waals surface area contributed by atoms with E-state index < -0.39 is 11.6 Å². The molecule has 0 spiro atoms. The van der Waals surface area contributed by atoms with Crippen molar-refractivity contribution < 1.29 is 8.78 Å². The monoisotopic (exact) mass is 322 g/mol. The number of rotatable bonds is 5. The molecule has 0 aromatic heterocycles. The Balaban J connectivity index is 2.00. The second kappa shape index (κ2) is 7.39. The van der Waals surface area contributed by atoms with Crippen LogP contribution in [0.1, 0.15) is 25.3 Å². The van der Waals surface area contributed by atoms with E-state index in [1.54, 1.807) is 0 Å². The van der Waals surface area contributed by atoms with Gasteiger partial charge in [-0.1, -0.05) is 61.9 Å². The highest BCUT2D eigenvalue weighted by atomic mass is 19.1. The first-order chi connectivity index (χ1) is 11.7. The van der Waals surface area contributed by atoms with Crippen LogP contribution in [0.25, 0.3) is 22.3 Å². The van der Waals surface area contributed by atoms with Crippen LogP contribution in [0, 0.1) is 11.6 Å². The molecule has 0 N–H and O–H groups in total. The molecule has 0 atom stereocenters. The number of unbranched alkanes of at least 4 members (excludes halogenated alkanes) is 1. The Kier molecular flexibility index (Phi) is 5.05. The SMILES string of the molecule is CCCCc1ccc(-c2ccccc2-c2ccc(F)cc2F)cc1. The van der Waals surface area contributed by atoms with Crippen molar-refractivity contribution in [2.45, 2.75) is 26.2 Å². The van der Waals surface area contributed by atoms with E-state index in [0.29, 0.717) is 5.56 Å². The van der Waals surface area contributed by atoms with Gasteiger partial charge in [-0.15, -0.1) is 0 Å². The van der Waals surface area contributed by atoms with Crippen LogP contribution in [0.2, 0.25) is 0 Å². The number of hydrogen-bond acceptors (Lipinski definition) is 0. The van der Waals surface area contributed by atoms with E-state index in [1.165, 1.54) is 30.5 Å². The van der Waals surface area contributed by atoms with Gasteiger partial charge in [-0.05, 0) is 47.2 Å². The lowest BCUT2D eigenvalue weighted by molar-refractivity contribution is 0.585. The summed E-state index contributed by atoms with van der Waals surface area (Å²) in [5.74, 6) is -1.10. The maximum absolute atomic E-state index is 14.2. The predicted molar refractivity (Wildman–Crippen MR) is 95.8 cm³/mol. The fraction of sp³-hybridized carbons (Fsp3) is 0.182. The summed E-state index contributed by atoms with van der Waals surface area (Å²) in [4.78, 5) is 0. The molecule has 3 rings (SSSR count). The molecule has 0 saturated heterocycles. The molecule has 24 heavy (non-hydrogen) atoms. The summed E-state index contributed by atoms with van der Waals surface area (Å²) in [5.41, 5.74) is 4.49. The maximum atomic E-state index is 14.2. The zero-order chi connectivity index (χ0) is 16.9. The molecule has 3 aromatic rings. The third kappa shape index (κ3) is 3.53. The lowest BCUT2D eigenvalue weighted by Gasteiger charge is -2.12. The standard InChI is InChI=1S/C22H20F2/c1-2-3-6-16-9-11-17(12-10-16)19-7-4-5-8-20(19)21-14-13-18(23)15-22(21)24/h4-5,7-15H,2-3,6H2,1H3. The lowest BCUT2D eigenvalue weighted by atomic mass is 9.93. The van der Waals surface area contributed by atoms with Gasteiger partial charge in [0.2, 0.25) is 0 Å². The van der Waals surface area contributed by atoms with E-state index in [1.807, 2.05) is 24.3 Å². The van der Waals surface area contributed by atoms with E-state index in [0.717, 1.165) is 29.2 Å². The van der Waals surface area contributed by atoms with Crippen molar-refractivity contribution in [2.24, 2.45) is 0 Å². The van der Waals surface area contributed by atoms with Crippen LogP contribution in [0.5, 0.6) is 0 Å². The molecule has 0 bridgehead atoms.